The Kier molecular flexibility index (Phi) is 5.17. The molecule has 0 aliphatic carbocycles. The molecule has 3 aromatic rings. The molecule has 0 unspecified atom stereocenters. The van der Waals surface area contributed by atoms with Gasteiger partial charge in [0, 0.05) is 16.6 Å². The summed E-state index contributed by atoms with van der Waals surface area (Å²) in [4.78, 5) is 16.3. The van der Waals surface area contributed by atoms with Crippen LogP contribution in [0.4, 0.5) is 5.13 Å². The molecule has 0 fully saturated rings. The smallest absolute Gasteiger partial charge is 0.277 e. The first-order valence-electron chi connectivity index (χ1n) is 6.86. The number of hydrogen-bond acceptors (Lipinski definition) is 5. The van der Waals surface area contributed by atoms with Gasteiger partial charge in [-0.2, -0.15) is 5.10 Å². The van der Waals surface area contributed by atoms with Crippen molar-refractivity contribution in [1.29, 1.82) is 0 Å². The zero-order valence-corrected chi connectivity index (χ0v) is 15.7. The number of anilines is 1. The van der Waals surface area contributed by atoms with Gasteiger partial charge in [0.1, 0.15) is 5.75 Å². The van der Waals surface area contributed by atoms with Crippen LogP contribution in [0, 0.1) is 6.92 Å². The van der Waals surface area contributed by atoms with Gasteiger partial charge in [0.15, 0.2) is 17.6 Å². The number of halogens is 2. The normalized spacial score (nSPS) is 10.6. The average Bonchev–Trinajstić information content (AvgIpc) is 3.15. The minimum absolute atomic E-state index is 0.171. The number of aromatic nitrogens is 3. The second-order valence-electron chi connectivity index (χ2n) is 4.84. The predicted molar refractivity (Wildman–Crippen MR) is 96.8 cm³/mol. The molecule has 0 aliphatic heterocycles. The van der Waals surface area contributed by atoms with Gasteiger partial charge >= 0.3 is 0 Å². The molecular weight excluding hydrogens is 416 g/mol. The fourth-order valence-corrected chi connectivity index (χ4v) is 3.34. The summed E-state index contributed by atoms with van der Waals surface area (Å²) in [5, 5.41) is 9.93. The van der Waals surface area contributed by atoms with Crippen molar-refractivity contribution in [2.75, 3.05) is 5.32 Å². The molecule has 6 nitrogen and oxygen atoms in total. The number of ether oxygens (including phenoxy) is 1. The van der Waals surface area contributed by atoms with Crippen LogP contribution in [0.15, 0.2) is 40.3 Å². The first-order valence-corrected chi connectivity index (χ1v) is 8.91. The maximum absolute atomic E-state index is 12.1. The van der Waals surface area contributed by atoms with Crippen LogP contribution in [0.5, 0.6) is 5.75 Å². The monoisotopic (exact) mass is 426 g/mol. The molecule has 1 amide bonds. The number of nitrogens with zero attached hydrogens (tertiary/aromatic N) is 3. The van der Waals surface area contributed by atoms with Crippen molar-refractivity contribution in [1.82, 2.24) is 14.8 Å². The molecule has 24 heavy (non-hydrogen) atoms. The molecule has 2 heterocycles. The Hall–Kier alpha value is -1.90. The van der Waals surface area contributed by atoms with E-state index in [4.69, 9.17) is 16.3 Å². The lowest BCUT2D eigenvalue weighted by Crippen LogP contribution is -2.14. The number of rotatable bonds is 5. The maximum atomic E-state index is 12.1. The Bertz CT molecular complexity index is 880. The third-order valence-electron chi connectivity index (χ3n) is 2.96. The second kappa shape index (κ2) is 7.33. The topological polar surface area (TPSA) is 69.0 Å². The lowest BCUT2D eigenvalue weighted by atomic mass is 10.3. The number of thiazole rings is 1. The third kappa shape index (κ3) is 4.14. The molecule has 0 saturated heterocycles. The van der Waals surface area contributed by atoms with Gasteiger partial charge in [-0.05, 0) is 47.1 Å². The van der Waals surface area contributed by atoms with Gasteiger partial charge in [0.05, 0.1) is 10.2 Å². The van der Waals surface area contributed by atoms with Crippen molar-refractivity contribution in [2.24, 2.45) is 0 Å². The molecule has 2 aromatic heterocycles. The van der Waals surface area contributed by atoms with Crippen molar-refractivity contribution in [3.05, 3.63) is 56.7 Å². The minimum Gasteiger partial charge on any atom is -0.470 e. The Morgan fingerprint density at radius 2 is 2.29 bits per heavy atom. The fourth-order valence-electron chi connectivity index (χ4n) is 1.86. The first-order chi connectivity index (χ1) is 11.5. The van der Waals surface area contributed by atoms with E-state index in [1.54, 1.807) is 30.5 Å². The van der Waals surface area contributed by atoms with E-state index in [1.807, 2.05) is 12.3 Å². The molecule has 0 atom stereocenters. The first kappa shape index (κ1) is 16.9. The van der Waals surface area contributed by atoms with Crippen molar-refractivity contribution in [2.45, 2.75) is 13.7 Å². The second-order valence-corrected chi connectivity index (χ2v) is 6.99. The Morgan fingerprint density at radius 3 is 3.00 bits per heavy atom. The molecule has 9 heteroatoms. The summed E-state index contributed by atoms with van der Waals surface area (Å²) in [7, 11) is 0. The van der Waals surface area contributed by atoms with Gasteiger partial charge in [-0.25, -0.2) is 9.67 Å². The highest BCUT2D eigenvalue weighted by Gasteiger charge is 2.12. The molecule has 1 N–H and O–H groups in total. The summed E-state index contributed by atoms with van der Waals surface area (Å²) >= 11 is 10.6. The van der Waals surface area contributed by atoms with E-state index < -0.39 is 0 Å². The summed E-state index contributed by atoms with van der Waals surface area (Å²) < 4.78 is 7.93. The highest BCUT2D eigenvalue weighted by Crippen LogP contribution is 2.28. The number of aryl methyl sites for hydroxylation is 1. The number of carbonyl (C=O) groups is 1. The van der Waals surface area contributed by atoms with Crippen LogP contribution in [0.3, 0.4) is 0 Å². The van der Waals surface area contributed by atoms with Crippen molar-refractivity contribution < 1.29 is 9.53 Å². The van der Waals surface area contributed by atoms with Gasteiger partial charge in [0.2, 0.25) is 0 Å². The quantitative estimate of drug-likeness (QED) is 0.657. The van der Waals surface area contributed by atoms with Crippen LogP contribution in [0.25, 0.3) is 0 Å². The summed E-state index contributed by atoms with van der Waals surface area (Å²) in [5.41, 5.74) is 1.16. The van der Waals surface area contributed by atoms with E-state index in [0.717, 1.165) is 10.2 Å². The molecule has 1 aromatic carbocycles. The average molecular weight is 428 g/mol. The Morgan fingerprint density at radius 1 is 1.46 bits per heavy atom. The van der Waals surface area contributed by atoms with Crippen LogP contribution >= 0.6 is 38.9 Å². The molecule has 0 radical (unpaired) electrons. The highest BCUT2D eigenvalue weighted by atomic mass is 79.9. The molecule has 0 bridgehead atoms. The van der Waals surface area contributed by atoms with Crippen LogP contribution in [0.1, 0.15) is 16.2 Å². The molecule has 3 rings (SSSR count). The highest BCUT2D eigenvalue weighted by molar-refractivity contribution is 9.10. The van der Waals surface area contributed by atoms with Gasteiger partial charge in [0.25, 0.3) is 5.91 Å². The van der Waals surface area contributed by atoms with Crippen LogP contribution in [0.2, 0.25) is 5.02 Å². The van der Waals surface area contributed by atoms with Crippen LogP contribution in [-0.2, 0) is 6.73 Å². The molecule has 0 spiro atoms. The fraction of sp³-hybridized carbons (Fsp3) is 0.133. The standard InChI is InChI=1S/C15H12BrClN4O2S/c1-9-7-24-15(18-9)19-14(22)12-4-5-21(20-12)8-23-13-3-2-10(17)6-11(13)16/h2-7H,8H2,1H3,(H,18,19,22). The lowest BCUT2D eigenvalue weighted by Gasteiger charge is -2.08. The Labute approximate surface area is 155 Å². The summed E-state index contributed by atoms with van der Waals surface area (Å²) in [6, 6.07) is 6.86. The predicted octanol–water partition coefficient (Wildman–Crippen LogP) is 4.35. The number of hydrogen-bond donors (Lipinski definition) is 1. The van der Waals surface area contributed by atoms with Gasteiger partial charge in [-0.3, -0.25) is 10.1 Å². The zero-order chi connectivity index (χ0) is 17.1. The van der Waals surface area contributed by atoms with Gasteiger partial charge in [-0.1, -0.05) is 11.6 Å². The van der Waals surface area contributed by atoms with Gasteiger partial charge in [-0.15, -0.1) is 11.3 Å². The molecular formula is C15H12BrClN4O2S. The van der Waals surface area contributed by atoms with E-state index in [-0.39, 0.29) is 12.6 Å². The van der Waals surface area contributed by atoms with Crippen molar-refractivity contribution >= 4 is 49.9 Å². The van der Waals surface area contributed by atoms with Crippen LogP contribution < -0.4 is 10.1 Å². The maximum Gasteiger partial charge on any atom is 0.277 e. The number of carbonyl (C=O) groups excluding carboxylic acids is 1. The largest absolute Gasteiger partial charge is 0.470 e. The SMILES string of the molecule is Cc1csc(NC(=O)c2ccn(COc3ccc(Cl)cc3Br)n2)n1. The van der Waals surface area contributed by atoms with E-state index in [2.05, 4.69) is 31.3 Å². The van der Waals surface area contributed by atoms with E-state index in [1.165, 1.54) is 16.0 Å². The molecule has 124 valence electrons. The third-order valence-corrected chi connectivity index (χ3v) is 4.69. The molecule has 0 saturated carbocycles. The van der Waals surface area contributed by atoms with E-state index in [0.29, 0.717) is 21.6 Å². The van der Waals surface area contributed by atoms with Gasteiger partial charge < -0.3 is 4.74 Å². The summed E-state index contributed by atoms with van der Waals surface area (Å²) in [5.74, 6) is 0.329. The summed E-state index contributed by atoms with van der Waals surface area (Å²) in [6.45, 7) is 2.04. The number of nitrogens with one attached hydrogen (secondary N) is 1. The van der Waals surface area contributed by atoms with Crippen molar-refractivity contribution in [3.63, 3.8) is 0 Å². The van der Waals surface area contributed by atoms with Crippen molar-refractivity contribution in [3.8, 4) is 5.75 Å². The minimum atomic E-state index is -0.309. The number of amides is 1. The number of benzene rings is 1. The lowest BCUT2D eigenvalue weighted by molar-refractivity contribution is 0.102. The van der Waals surface area contributed by atoms with E-state index in [9.17, 15) is 4.79 Å². The summed E-state index contributed by atoms with van der Waals surface area (Å²) in [6.07, 6.45) is 1.67. The Balaban J connectivity index is 1.61. The zero-order valence-electron chi connectivity index (χ0n) is 12.5. The van der Waals surface area contributed by atoms with Crippen LogP contribution in [-0.4, -0.2) is 20.7 Å². The van der Waals surface area contributed by atoms with E-state index >= 15 is 0 Å². The molecule has 0 aliphatic rings.